The highest BCUT2D eigenvalue weighted by Crippen LogP contribution is 2.28. The predicted octanol–water partition coefficient (Wildman–Crippen LogP) is 2.96. The van der Waals surface area contributed by atoms with Crippen LogP contribution in [0.25, 0.3) is 0 Å². The maximum absolute atomic E-state index is 12.2. The van der Waals surface area contributed by atoms with Gasteiger partial charge in [0.25, 0.3) is 0 Å². The summed E-state index contributed by atoms with van der Waals surface area (Å²) in [4.78, 5) is 0. The highest BCUT2D eigenvalue weighted by atomic mass is 35.5. The fourth-order valence-corrected chi connectivity index (χ4v) is 1.62. The topological polar surface area (TPSA) is 26.0 Å². The highest BCUT2D eigenvalue weighted by molar-refractivity contribution is 6.36. The molecular weight excluding hydrogens is 200 g/mol. The second kappa shape index (κ2) is 4.08. The van der Waals surface area contributed by atoms with E-state index in [1.807, 2.05) is 0 Å². The average molecular weight is 208 g/mol. The van der Waals surface area contributed by atoms with Crippen molar-refractivity contribution in [1.29, 1.82) is 0 Å². The zero-order valence-corrected chi connectivity index (χ0v) is 7.74. The first-order valence-corrected chi connectivity index (χ1v) is 4.18. The molecular formula is C8H8Cl2FN. The molecule has 0 aliphatic carbocycles. The minimum absolute atomic E-state index is 0.410. The molecule has 0 heterocycles. The third-order valence-corrected chi connectivity index (χ3v) is 2.20. The van der Waals surface area contributed by atoms with Crippen LogP contribution in [0.15, 0.2) is 18.2 Å². The number of hydrogen-bond acceptors (Lipinski definition) is 1. The first kappa shape index (κ1) is 9.78. The number of rotatable bonds is 2. The van der Waals surface area contributed by atoms with Crippen molar-refractivity contribution >= 4 is 23.2 Å². The molecule has 1 atom stereocenters. The molecule has 1 unspecified atom stereocenters. The van der Waals surface area contributed by atoms with Crippen LogP contribution in [-0.2, 0) is 0 Å². The molecule has 1 aromatic rings. The summed E-state index contributed by atoms with van der Waals surface area (Å²) in [5.74, 6) is 0. The van der Waals surface area contributed by atoms with Crippen molar-refractivity contribution < 1.29 is 4.39 Å². The van der Waals surface area contributed by atoms with Gasteiger partial charge in [0.05, 0.1) is 6.04 Å². The minimum atomic E-state index is -0.730. The lowest BCUT2D eigenvalue weighted by molar-refractivity contribution is 0.437. The van der Waals surface area contributed by atoms with E-state index in [2.05, 4.69) is 0 Å². The van der Waals surface area contributed by atoms with E-state index in [1.54, 1.807) is 18.2 Å². The van der Waals surface area contributed by atoms with Gasteiger partial charge in [0.2, 0.25) is 0 Å². The molecule has 1 nitrogen and oxygen atoms in total. The Morgan fingerprint density at radius 3 is 2.25 bits per heavy atom. The van der Waals surface area contributed by atoms with Gasteiger partial charge in [-0.25, -0.2) is 4.39 Å². The van der Waals surface area contributed by atoms with Crippen LogP contribution in [0.2, 0.25) is 10.0 Å². The van der Waals surface area contributed by atoms with Crippen molar-refractivity contribution in [2.75, 3.05) is 6.67 Å². The first-order valence-electron chi connectivity index (χ1n) is 3.42. The quantitative estimate of drug-likeness (QED) is 0.794. The Hall–Kier alpha value is -0.310. The maximum Gasteiger partial charge on any atom is 0.109 e. The lowest BCUT2D eigenvalue weighted by atomic mass is 10.1. The Morgan fingerprint density at radius 1 is 1.33 bits per heavy atom. The minimum Gasteiger partial charge on any atom is -0.322 e. The third-order valence-electron chi connectivity index (χ3n) is 1.54. The van der Waals surface area contributed by atoms with Crippen molar-refractivity contribution in [2.45, 2.75) is 6.04 Å². The molecule has 66 valence electrons. The Kier molecular flexibility index (Phi) is 3.32. The van der Waals surface area contributed by atoms with Crippen LogP contribution in [0.5, 0.6) is 0 Å². The van der Waals surface area contributed by atoms with Crippen molar-refractivity contribution in [3.8, 4) is 0 Å². The lowest BCUT2D eigenvalue weighted by Gasteiger charge is -2.10. The van der Waals surface area contributed by atoms with Crippen LogP contribution in [-0.4, -0.2) is 6.67 Å². The number of nitrogens with two attached hydrogens (primary N) is 1. The number of halogens is 3. The second-order valence-corrected chi connectivity index (χ2v) is 3.21. The Morgan fingerprint density at radius 2 is 1.83 bits per heavy atom. The summed E-state index contributed by atoms with van der Waals surface area (Å²) in [6, 6.07) is 4.24. The van der Waals surface area contributed by atoms with Gasteiger partial charge in [-0.05, 0) is 12.1 Å². The molecule has 0 amide bonds. The van der Waals surface area contributed by atoms with Crippen molar-refractivity contribution in [3.05, 3.63) is 33.8 Å². The van der Waals surface area contributed by atoms with Crippen LogP contribution >= 0.6 is 23.2 Å². The molecule has 0 aromatic heterocycles. The van der Waals surface area contributed by atoms with E-state index in [0.717, 1.165) is 0 Å². The molecule has 0 aliphatic heterocycles. The first-order chi connectivity index (χ1) is 5.66. The lowest BCUT2D eigenvalue weighted by Crippen LogP contribution is -2.13. The van der Waals surface area contributed by atoms with Gasteiger partial charge in [-0.15, -0.1) is 0 Å². The molecule has 0 bridgehead atoms. The molecule has 2 N–H and O–H groups in total. The largest absolute Gasteiger partial charge is 0.322 e. The predicted molar refractivity (Wildman–Crippen MR) is 49.4 cm³/mol. The van der Waals surface area contributed by atoms with Gasteiger partial charge in [-0.1, -0.05) is 29.3 Å². The van der Waals surface area contributed by atoms with Gasteiger partial charge < -0.3 is 5.73 Å². The van der Waals surface area contributed by atoms with Crippen LogP contribution in [0, 0.1) is 0 Å². The van der Waals surface area contributed by atoms with E-state index < -0.39 is 12.7 Å². The van der Waals surface area contributed by atoms with E-state index >= 15 is 0 Å². The fraction of sp³-hybridized carbons (Fsp3) is 0.250. The molecule has 0 radical (unpaired) electrons. The zero-order valence-electron chi connectivity index (χ0n) is 6.23. The van der Waals surface area contributed by atoms with Gasteiger partial charge in [-0.3, -0.25) is 0 Å². The summed E-state index contributed by atoms with van der Waals surface area (Å²) in [5, 5.41) is 0.820. The molecule has 0 aliphatic rings. The standard InChI is InChI=1S/C8H8Cl2FN/c9-5-2-1-3-6(10)8(5)7(12)4-11/h1-3,7H,4,12H2. The Balaban J connectivity index is 3.12. The third kappa shape index (κ3) is 1.89. The van der Waals surface area contributed by atoms with Gasteiger partial charge >= 0.3 is 0 Å². The zero-order chi connectivity index (χ0) is 9.14. The summed E-state index contributed by atoms with van der Waals surface area (Å²) >= 11 is 11.5. The van der Waals surface area contributed by atoms with Crippen molar-refractivity contribution in [2.24, 2.45) is 5.73 Å². The van der Waals surface area contributed by atoms with Gasteiger partial charge in [-0.2, -0.15) is 0 Å². The molecule has 0 spiro atoms. The number of benzene rings is 1. The van der Waals surface area contributed by atoms with E-state index in [-0.39, 0.29) is 0 Å². The molecule has 0 saturated heterocycles. The van der Waals surface area contributed by atoms with Crippen LogP contribution in [0.3, 0.4) is 0 Å². The van der Waals surface area contributed by atoms with E-state index in [1.165, 1.54) is 0 Å². The summed E-state index contributed by atoms with van der Waals surface area (Å²) in [7, 11) is 0. The molecule has 12 heavy (non-hydrogen) atoms. The van der Waals surface area contributed by atoms with E-state index in [9.17, 15) is 4.39 Å². The van der Waals surface area contributed by atoms with Crippen LogP contribution < -0.4 is 5.73 Å². The SMILES string of the molecule is NC(CF)c1c(Cl)cccc1Cl. The maximum atomic E-state index is 12.2. The Bertz CT molecular complexity index is 258. The summed E-state index contributed by atoms with van der Waals surface area (Å²) in [5.41, 5.74) is 5.93. The van der Waals surface area contributed by atoms with Crippen LogP contribution in [0.1, 0.15) is 11.6 Å². The van der Waals surface area contributed by atoms with Crippen LogP contribution in [0.4, 0.5) is 4.39 Å². The summed E-state index contributed by atoms with van der Waals surface area (Å²) in [6.07, 6.45) is 0. The van der Waals surface area contributed by atoms with E-state index in [4.69, 9.17) is 28.9 Å². The highest BCUT2D eigenvalue weighted by Gasteiger charge is 2.12. The Labute approximate surface area is 80.3 Å². The molecule has 0 saturated carbocycles. The van der Waals surface area contributed by atoms with Gasteiger partial charge in [0, 0.05) is 15.6 Å². The normalized spacial score (nSPS) is 13.0. The van der Waals surface area contributed by atoms with Crippen molar-refractivity contribution in [3.63, 3.8) is 0 Å². The van der Waals surface area contributed by atoms with Gasteiger partial charge in [0.15, 0.2) is 0 Å². The van der Waals surface area contributed by atoms with Gasteiger partial charge in [0.1, 0.15) is 6.67 Å². The fourth-order valence-electron chi connectivity index (χ4n) is 0.942. The monoisotopic (exact) mass is 207 g/mol. The van der Waals surface area contributed by atoms with E-state index in [0.29, 0.717) is 15.6 Å². The summed E-state index contributed by atoms with van der Waals surface area (Å²) in [6.45, 7) is -0.663. The summed E-state index contributed by atoms with van der Waals surface area (Å²) < 4.78 is 12.2. The average Bonchev–Trinajstić information content (AvgIpc) is 2.03. The smallest absolute Gasteiger partial charge is 0.109 e. The number of hydrogen-bond donors (Lipinski definition) is 1. The second-order valence-electron chi connectivity index (χ2n) is 2.40. The molecule has 4 heteroatoms. The molecule has 1 rings (SSSR count). The van der Waals surface area contributed by atoms with Crippen molar-refractivity contribution in [1.82, 2.24) is 0 Å². The molecule has 0 fully saturated rings. The number of alkyl halides is 1. The molecule has 1 aromatic carbocycles.